The molecule has 0 bridgehead atoms. The van der Waals surface area contributed by atoms with Crippen LogP contribution in [0.1, 0.15) is 10.4 Å². The molecule has 0 fully saturated rings. The molecule has 0 aliphatic rings. The zero-order chi connectivity index (χ0) is 14.3. The van der Waals surface area contributed by atoms with E-state index in [1.165, 1.54) is 30.3 Å². The van der Waals surface area contributed by atoms with Gasteiger partial charge in [0.15, 0.2) is 6.61 Å². The van der Waals surface area contributed by atoms with E-state index in [2.05, 4.69) is 16.0 Å². The van der Waals surface area contributed by atoms with Gasteiger partial charge in [0.25, 0.3) is 0 Å². The molecule has 0 radical (unpaired) electrons. The summed E-state index contributed by atoms with van der Waals surface area (Å²) < 4.78 is 30.5. The summed E-state index contributed by atoms with van der Waals surface area (Å²) in [5, 5.41) is 8.30. The quantitative estimate of drug-likeness (QED) is 0.615. The summed E-state index contributed by atoms with van der Waals surface area (Å²) in [5.41, 5.74) is 0.0664. The SMILES string of the molecule is C=CCNS(=O)(=O)c1cccc(C(=O)OCC#N)c1. The number of benzene rings is 1. The normalized spacial score (nSPS) is 10.5. The van der Waals surface area contributed by atoms with Gasteiger partial charge in [0.05, 0.1) is 10.5 Å². The molecule has 0 aliphatic carbocycles. The zero-order valence-electron chi connectivity index (χ0n) is 10.00. The van der Waals surface area contributed by atoms with Crippen LogP contribution in [-0.2, 0) is 14.8 Å². The van der Waals surface area contributed by atoms with Crippen LogP contribution in [0.5, 0.6) is 0 Å². The summed E-state index contributed by atoms with van der Waals surface area (Å²) in [4.78, 5) is 11.4. The summed E-state index contributed by atoms with van der Waals surface area (Å²) in [6.45, 7) is 3.11. The van der Waals surface area contributed by atoms with Gasteiger partial charge in [-0.15, -0.1) is 6.58 Å². The minimum Gasteiger partial charge on any atom is -0.447 e. The Hall–Kier alpha value is -2.17. The number of hydrogen-bond donors (Lipinski definition) is 1. The molecule has 19 heavy (non-hydrogen) atoms. The van der Waals surface area contributed by atoms with E-state index in [-0.39, 0.29) is 23.6 Å². The van der Waals surface area contributed by atoms with Crippen molar-refractivity contribution in [3.05, 3.63) is 42.5 Å². The predicted octanol–water partition coefficient (Wildman–Crippen LogP) is 0.831. The van der Waals surface area contributed by atoms with Gasteiger partial charge in [-0.05, 0) is 18.2 Å². The second-order valence-electron chi connectivity index (χ2n) is 3.40. The third-order valence-corrected chi connectivity index (χ3v) is 3.49. The van der Waals surface area contributed by atoms with Crippen molar-refractivity contribution in [2.45, 2.75) is 4.90 Å². The molecule has 7 heteroatoms. The second-order valence-corrected chi connectivity index (χ2v) is 5.17. The molecule has 0 saturated heterocycles. The standard InChI is InChI=1S/C12H12N2O4S/c1-2-7-14-19(16,17)11-5-3-4-10(9-11)12(15)18-8-6-13/h2-5,9,14H,1,7-8H2. The Balaban J connectivity index is 2.97. The third kappa shape index (κ3) is 4.21. The highest BCUT2D eigenvalue weighted by Crippen LogP contribution is 2.12. The molecule has 1 aromatic rings. The van der Waals surface area contributed by atoms with Crippen LogP contribution < -0.4 is 4.72 Å². The lowest BCUT2D eigenvalue weighted by Gasteiger charge is -2.06. The minimum absolute atomic E-state index is 0.0549. The maximum absolute atomic E-state index is 11.8. The molecular formula is C12H12N2O4S. The molecule has 0 aromatic heterocycles. The fraction of sp³-hybridized carbons (Fsp3) is 0.167. The average molecular weight is 280 g/mol. The van der Waals surface area contributed by atoms with Crippen molar-refractivity contribution >= 4 is 16.0 Å². The third-order valence-electron chi connectivity index (χ3n) is 2.07. The van der Waals surface area contributed by atoms with Crippen LogP contribution >= 0.6 is 0 Å². The Labute approximate surface area is 111 Å². The Kier molecular flexibility index (Phi) is 5.23. The molecule has 0 spiro atoms. The van der Waals surface area contributed by atoms with Gasteiger partial charge >= 0.3 is 5.97 Å². The monoisotopic (exact) mass is 280 g/mol. The van der Waals surface area contributed by atoms with E-state index in [1.807, 2.05) is 0 Å². The molecule has 0 atom stereocenters. The van der Waals surface area contributed by atoms with Gasteiger partial charge in [-0.1, -0.05) is 12.1 Å². The number of esters is 1. The second kappa shape index (κ2) is 6.68. The van der Waals surface area contributed by atoms with Gasteiger partial charge < -0.3 is 4.74 Å². The lowest BCUT2D eigenvalue weighted by Crippen LogP contribution is -2.23. The number of hydrogen-bond acceptors (Lipinski definition) is 5. The number of nitriles is 1. The predicted molar refractivity (Wildman–Crippen MR) is 67.7 cm³/mol. The van der Waals surface area contributed by atoms with Crippen molar-refractivity contribution in [2.75, 3.05) is 13.2 Å². The maximum Gasteiger partial charge on any atom is 0.339 e. The average Bonchev–Trinajstić information content (AvgIpc) is 2.42. The van der Waals surface area contributed by atoms with E-state index >= 15 is 0 Å². The Morgan fingerprint density at radius 1 is 1.53 bits per heavy atom. The number of carbonyl (C=O) groups excluding carboxylic acids is 1. The summed E-state index contributed by atoms with van der Waals surface area (Å²) >= 11 is 0. The van der Waals surface area contributed by atoms with Crippen LogP contribution in [0, 0.1) is 11.3 Å². The van der Waals surface area contributed by atoms with Crippen LogP contribution in [0.3, 0.4) is 0 Å². The topological polar surface area (TPSA) is 96.3 Å². The van der Waals surface area contributed by atoms with E-state index in [4.69, 9.17) is 5.26 Å². The largest absolute Gasteiger partial charge is 0.447 e. The van der Waals surface area contributed by atoms with Crippen molar-refractivity contribution < 1.29 is 17.9 Å². The Bertz CT molecular complexity index is 617. The van der Waals surface area contributed by atoms with Crippen LogP contribution in [0.4, 0.5) is 0 Å². The lowest BCUT2D eigenvalue weighted by molar-refractivity contribution is 0.0554. The molecule has 6 nitrogen and oxygen atoms in total. The maximum atomic E-state index is 11.8. The molecule has 0 saturated carbocycles. The zero-order valence-corrected chi connectivity index (χ0v) is 10.8. The number of carbonyl (C=O) groups is 1. The number of sulfonamides is 1. The lowest BCUT2D eigenvalue weighted by atomic mass is 10.2. The fourth-order valence-electron chi connectivity index (χ4n) is 1.22. The van der Waals surface area contributed by atoms with Gasteiger partial charge in [-0.25, -0.2) is 17.9 Å². The summed E-state index contributed by atoms with van der Waals surface area (Å²) in [6.07, 6.45) is 1.41. The molecule has 0 heterocycles. The highest BCUT2D eigenvalue weighted by molar-refractivity contribution is 7.89. The number of rotatable bonds is 6. The summed E-state index contributed by atoms with van der Waals surface area (Å²) in [7, 11) is -3.69. The van der Waals surface area contributed by atoms with Gasteiger partial charge in [-0.2, -0.15) is 5.26 Å². The molecule has 1 rings (SSSR count). The van der Waals surface area contributed by atoms with Crippen molar-refractivity contribution in [1.29, 1.82) is 5.26 Å². The van der Waals surface area contributed by atoms with Crippen molar-refractivity contribution in [3.63, 3.8) is 0 Å². The molecule has 1 N–H and O–H groups in total. The van der Waals surface area contributed by atoms with Crippen LogP contribution in [0.25, 0.3) is 0 Å². The molecular weight excluding hydrogens is 268 g/mol. The highest BCUT2D eigenvalue weighted by atomic mass is 32.2. The Morgan fingerprint density at radius 3 is 2.89 bits per heavy atom. The van der Waals surface area contributed by atoms with Crippen LogP contribution in [0.2, 0.25) is 0 Å². The summed E-state index contributed by atoms with van der Waals surface area (Å²) in [6, 6.07) is 7.03. The van der Waals surface area contributed by atoms with Gasteiger partial charge in [0.2, 0.25) is 10.0 Å². The van der Waals surface area contributed by atoms with Crippen molar-refractivity contribution in [3.8, 4) is 6.07 Å². The van der Waals surface area contributed by atoms with E-state index in [0.29, 0.717) is 0 Å². The van der Waals surface area contributed by atoms with E-state index in [1.54, 1.807) is 6.07 Å². The van der Waals surface area contributed by atoms with Crippen molar-refractivity contribution in [2.24, 2.45) is 0 Å². The number of nitrogens with zero attached hydrogens (tertiary/aromatic N) is 1. The van der Waals surface area contributed by atoms with E-state index < -0.39 is 16.0 Å². The fourth-order valence-corrected chi connectivity index (χ4v) is 2.27. The molecule has 0 aliphatic heterocycles. The van der Waals surface area contributed by atoms with Gasteiger partial charge in [0.1, 0.15) is 6.07 Å². The number of ether oxygens (including phenoxy) is 1. The van der Waals surface area contributed by atoms with Crippen molar-refractivity contribution in [1.82, 2.24) is 4.72 Å². The molecule has 0 unspecified atom stereocenters. The summed E-state index contributed by atoms with van der Waals surface area (Å²) in [5.74, 6) is -0.748. The van der Waals surface area contributed by atoms with E-state index in [9.17, 15) is 13.2 Å². The highest BCUT2D eigenvalue weighted by Gasteiger charge is 2.15. The molecule has 0 amide bonds. The molecule has 100 valence electrons. The Morgan fingerprint density at radius 2 is 2.26 bits per heavy atom. The van der Waals surface area contributed by atoms with Gasteiger partial charge in [-0.3, -0.25) is 0 Å². The first-order valence-corrected chi connectivity index (χ1v) is 6.74. The van der Waals surface area contributed by atoms with Crippen LogP contribution in [-0.4, -0.2) is 27.5 Å². The first kappa shape index (κ1) is 14.9. The minimum atomic E-state index is -3.69. The van der Waals surface area contributed by atoms with E-state index in [0.717, 1.165) is 0 Å². The molecule has 1 aromatic carbocycles. The van der Waals surface area contributed by atoms with Crippen LogP contribution in [0.15, 0.2) is 41.8 Å². The number of nitrogens with one attached hydrogen (secondary N) is 1. The van der Waals surface area contributed by atoms with Gasteiger partial charge in [0, 0.05) is 6.54 Å². The first-order valence-electron chi connectivity index (χ1n) is 5.26. The first-order chi connectivity index (χ1) is 9.01. The smallest absolute Gasteiger partial charge is 0.339 e.